The first-order valence-corrected chi connectivity index (χ1v) is 7.66. The number of esters is 1. The van der Waals surface area contributed by atoms with Gasteiger partial charge in [0, 0.05) is 29.4 Å². The molecule has 0 saturated heterocycles. The third-order valence-corrected chi connectivity index (χ3v) is 3.22. The molecule has 1 N–H and O–H groups in total. The van der Waals surface area contributed by atoms with Crippen molar-refractivity contribution >= 4 is 17.0 Å². The number of aromatic nitrogens is 3. The number of hydrogen-bond donors (Lipinski definition) is 1. The second kappa shape index (κ2) is 6.31. The predicted octanol–water partition coefficient (Wildman–Crippen LogP) is 3.35. The van der Waals surface area contributed by atoms with Gasteiger partial charge in [-0.25, -0.2) is 14.8 Å². The number of pyridine rings is 2. The van der Waals surface area contributed by atoms with Crippen molar-refractivity contribution in [3.05, 3.63) is 42.7 Å². The quantitative estimate of drug-likeness (QED) is 0.744. The van der Waals surface area contributed by atoms with Crippen molar-refractivity contribution in [2.24, 2.45) is 0 Å². The minimum atomic E-state index is -0.535. The van der Waals surface area contributed by atoms with E-state index in [2.05, 4.69) is 15.0 Å². The fourth-order valence-corrected chi connectivity index (χ4v) is 2.33. The maximum absolute atomic E-state index is 11.7. The number of carbonyl (C=O) groups is 1. The monoisotopic (exact) mass is 325 g/mol. The summed E-state index contributed by atoms with van der Waals surface area (Å²) in [7, 11) is 0. The second-order valence-electron chi connectivity index (χ2n) is 6.33. The lowest BCUT2D eigenvalue weighted by Crippen LogP contribution is -2.27. The van der Waals surface area contributed by atoms with Crippen LogP contribution in [0.4, 0.5) is 0 Å². The normalized spacial score (nSPS) is 11.5. The Kier molecular flexibility index (Phi) is 4.20. The summed E-state index contributed by atoms with van der Waals surface area (Å²) in [5.41, 5.74) is 1.97. The molecule has 0 amide bonds. The number of hydrogen-bond acceptors (Lipinski definition) is 5. The van der Waals surface area contributed by atoms with Gasteiger partial charge in [-0.1, -0.05) is 6.07 Å². The molecule has 3 aromatic heterocycles. The van der Waals surface area contributed by atoms with Gasteiger partial charge in [-0.05, 0) is 39.0 Å². The van der Waals surface area contributed by atoms with E-state index in [1.807, 2.05) is 51.2 Å². The van der Waals surface area contributed by atoms with Gasteiger partial charge >= 0.3 is 5.97 Å². The zero-order chi connectivity index (χ0) is 17.2. The summed E-state index contributed by atoms with van der Waals surface area (Å²) in [4.78, 5) is 23.6. The summed E-state index contributed by atoms with van der Waals surface area (Å²) >= 11 is 0. The predicted molar refractivity (Wildman–Crippen MR) is 90.7 cm³/mol. The number of H-pyrrole nitrogens is 1. The largest absolute Gasteiger partial charge is 0.466 e. The van der Waals surface area contributed by atoms with Gasteiger partial charge in [0.05, 0.1) is 5.69 Å². The molecule has 0 radical (unpaired) electrons. The van der Waals surface area contributed by atoms with E-state index >= 15 is 0 Å². The number of nitrogens with one attached hydrogen (secondary N) is 1. The molecule has 3 rings (SSSR count). The van der Waals surface area contributed by atoms with E-state index in [-0.39, 0.29) is 6.61 Å². The smallest absolute Gasteiger partial charge is 0.344 e. The number of ether oxygens (including phenoxy) is 2. The highest BCUT2D eigenvalue weighted by molar-refractivity contribution is 5.91. The van der Waals surface area contributed by atoms with E-state index in [1.54, 1.807) is 12.3 Å². The van der Waals surface area contributed by atoms with Crippen molar-refractivity contribution in [2.45, 2.75) is 26.4 Å². The molecule has 0 aliphatic carbocycles. The van der Waals surface area contributed by atoms with Gasteiger partial charge in [-0.15, -0.1) is 0 Å². The fraction of sp³-hybridized carbons (Fsp3) is 0.278. The summed E-state index contributed by atoms with van der Waals surface area (Å²) in [5, 5.41) is 0.981. The molecule has 0 fully saturated rings. The summed E-state index contributed by atoms with van der Waals surface area (Å²) in [5.74, 6) is -0.0505. The molecule has 3 aromatic rings. The Morgan fingerprint density at radius 1 is 1.21 bits per heavy atom. The number of fused-ring (bicyclic) bond motifs is 1. The number of nitrogens with zero attached hydrogens (tertiary/aromatic N) is 2. The van der Waals surface area contributed by atoms with Gasteiger partial charge in [0.25, 0.3) is 0 Å². The molecule has 0 bridgehead atoms. The van der Waals surface area contributed by atoms with Crippen LogP contribution in [0.3, 0.4) is 0 Å². The summed E-state index contributed by atoms with van der Waals surface area (Å²) < 4.78 is 10.7. The van der Waals surface area contributed by atoms with Crippen molar-refractivity contribution < 1.29 is 14.3 Å². The van der Waals surface area contributed by atoms with Crippen molar-refractivity contribution in [3.8, 4) is 17.1 Å². The zero-order valence-corrected chi connectivity index (χ0v) is 13.9. The lowest BCUT2D eigenvalue weighted by Gasteiger charge is -2.19. The molecule has 0 aromatic carbocycles. The number of aromatic amines is 1. The van der Waals surface area contributed by atoms with E-state index in [0.717, 1.165) is 22.3 Å². The van der Waals surface area contributed by atoms with Crippen LogP contribution < -0.4 is 4.74 Å². The van der Waals surface area contributed by atoms with Crippen LogP contribution >= 0.6 is 0 Å². The first-order valence-electron chi connectivity index (χ1n) is 7.66. The Balaban J connectivity index is 1.78. The van der Waals surface area contributed by atoms with Crippen LogP contribution in [0.2, 0.25) is 0 Å². The minimum Gasteiger partial charge on any atom is -0.466 e. The Morgan fingerprint density at radius 3 is 2.83 bits per heavy atom. The van der Waals surface area contributed by atoms with Crippen molar-refractivity contribution in [1.29, 1.82) is 0 Å². The Morgan fingerprint density at radius 2 is 2.04 bits per heavy atom. The molecule has 3 heterocycles. The number of carbonyl (C=O) groups excluding carboxylic acids is 1. The Labute approximate surface area is 139 Å². The molecule has 0 aliphatic rings. The van der Waals surface area contributed by atoms with Crippen LogP contribution in [0, 0.1) is 0 Å². The van der Waals surface area contributed by atoms with Gasteiger partial charge in [0.2, 0.25) is 5.88 Å². The minimum absolute atomic E-state index is 0.177. The molecule has 6 heteroatoms. The van der Waals surface area contributed by atoms with Crippen molar-refractivity contribution in [3.63, 3.8) is 0 Å². The molecular formula is C18H19N3O3. The van der Waals surface area contributed by atoms with Crippen LogP contribution in [0.1, 0.15) is 20.8 Å². The Bertz CT molecular complexity index is 865. The first-order chi connectivity index (χ1) is 11.4. The fourth-order valence-electron chi connectivity index (χ4n) is 2.33. The van der Waals surface area contributed by atoms with Crippen LogP contribution in [-0.4, -0.2) is 33.1 Å². The van der Waals surface area contributed by atoms with Gasteiger partial charge in [-0.3, -0.25) is 0 Å². The van der Waals surface area contributed by atoms with Crippen LogP contribution in [0.5, 0.6) is 5.88 Å². The molecule has 124 valence electrons. The zero-order valence-electron chi connectivity index (χ0n) is 13.9. The van der Waals surface area contributed by atoms with Gasteiger partial charge in [0.15, 0.2) is 6.61 Å². The van der Waals surface area contributed by atoms with E-state index in [1.165, 1.54) is 0 Å². The Hall–Kier alpha value is -2.89. The highest BCUT2D eigenvalue weighted by Crippen LogP contribution is 2.26. The number of rotatable bonds is 4. The van der Waals surface area contributed by atoms with Gasteiger partial charge < -0.3 is 14.5 Å². The second-order valence-corrected chi connectivity index (χ2v) is 6.33. The SMILES string of the molecule is CC(C)(C)OC(=O)COc1cccc(-c2ccnc3[nH]ccc23)n1. The molecule has 0 aliphatic heterocycles. The summed E-state index contributed by atoms with van der Waals surface area (Å²) in [6.07, 6.45) is 3.56. The standard InChI is InChI=1S/C18H19N3O3/c1-18(2,3)24-16(22)11-23-15-6-4-5-14(21-15)12-7-9-19-17-13(12)8-10-20-17/h4-10H,11H2,1-3H3,(H,19,20). The first kappa shape index (κ1) is 16.0. The topological polar surface area (TPSA) is 77.1 Å². The molecule has 24 heavy (non-hydrogen) atoms. The van der Waals surface area contributed by atoms with Crippen LogP contribution in [0.25, 0.3) is 22.3 Å². The lowest BCUT2D eigenvalue weighted by atomic mass is 10.1. The molecule has 0 spiro atoms. The lowest BCUT2D eigenvalue weighted by molar-refractivity contribution is -0.157. The molecule has 0 saturated carbocycles. The summed E-state index contributed by atoms with van der Waals surface area (Å²) in [6, 6.07) is 9.29. The third-order valence-electron chi connectivity index (χ3n) is 3.22. The van der Waals surface area contributed by atoms with Crippen molar-refractivity contribution in [2.75, 3.05) is 6.61 Å². The highest BCUT2D eigenvalue weighted by atomic mass is 16.6. The average molecular weight is 325 g/mol. The van der Waals surface area contributed by atoms with E-state index in [4.69, 9.17) is 9.47 Å². The molecular weight excluding hydrogens is 306 g/mol. The molecule has 0 atom stereocenters. The summed E-state index contributed by atoms with van der Waals surface area (Å²) in [6.45, 7) is 5.27. The van der Waals surface area contributed by atoms with Gasteiger partial charge in [-0.2, -0.15) is 0 Å². The van der Waals surface area contributed by atoms with E-state index < -0.39 is 11.6 Å². The molecule has 6 nitrogen and oxygen atoms in total. The maximum Gasteiger partial charge on any atom is 0.344 e. The van der Waals surface area contributed by atoms with E-state index in [9.17, 15) is 4.79 Å². The van der Waals surface area contributed by atoms with Crippen LogP contribution in [0.15, 0.2) is 42.7 Å². The average Bonchev–Trinajstić information content (AvgIpc) is 3.00. The van der Waals surface area contributed by atoms with Crippen molar-refractivity contribution in [1.82, 2.24) is 15.0 Å². The van der Waals surface area contributed by atoms with Crippen LogP contribution in [-0.2, 0) is 9.53 Å². The molecule has 0 unspecified atom stereocenters. The third kappa shape index (κ3) is 3.71. The van der Waals surface area contributed by atoms with E-state index in [0.29, 0.717) is 5.88 Å². The maximum atomic E-state index is 11.7. The van der Waals surface area contributed by atoms with Gasteiger partial charge in [0.1, 0.15) is 11.2 Å². The highest BCUT2D eigenvalue weighted by Gasteiger charge is 2.17.